The smallest absolute Gasteiger partial charge is 0.314 e. The van der Waals surface area contributed by atoms with Gasteiger partial charge in [-0.2, -0.15) is 0 Å². The molecule has 0 unspecified atom stereocenters. The summed E-state index contributed by atoms with van der Waals surface area (Å²) in [6, 6.07) is 2.19. The van der Waals surface area contributed by atoms with Gasteiger partial charge in [0, 0.05) is 24.2 Å². The number of hydrogen-bond acceptors (Lipinski definition) is 8. The van der Waals surface area contributed by atoms with E-state index in [-0.39, 0.29) is 28.8 Å². The fourth-order valence-corrected chi connectivity index (χ4v) is 1.94. The van der Waals surface area contributed by atoms with E-state index >= 15 is 0 Å². The first-order chi connectivity index (χ1) is 11.2. The average molecular weight is 338 g/mol. The highest BCUT2D eigenvalue weighted by Gasteiger charge is 2.28. The maximum absolute atomic E-state index is 11.8. The summed E-state index contributed by atoms with van der Waals surface area (Å²) in [7, 11) is 0. The zero-order valence-corrected chi connectivity index (χ0v) is 12.2. The molecule has 0 aliphatic heterocycles. The molecule has 1 amide bonds. The Labute approximate surface area is 132 Å². The predicted molar refractivity (Wildman–Crippen MR) is 81.9 cm³/mol. The molecule has 0 aliphatic carbocycles. The first-order valence-electron chi connectivity index (χ1n) is 6.56. The van der Waals surface area contributed by atoms with Crippen LogP contribution in [0.1, 0.15) is 5.56 Å². The maximum Gasteiger partial charge on any atom is 0.314 e. The standard InChI is InChI=1S/C12H14N6O6/c13-12(14,4-19)11(22)15-3-5-1-6(18(23)24)2-7-8(5)17-10(21)9(20)16-7/h1-2,19H,3-4,13-14H2,(H,15,22)(H,16,20)(H,17,21). The van der Waals surface area contributed by atoms with Crippen molar-refractivity contribution in [2.24, 2.45) is 11.5 Å². The van der Waals surface area contributed by atoms with Gasteiger partial charge < -0.3 is 31.9 Å². The van der Waals surface area contributed by atoms with Crippen LogP contribution in [0.2, 0.25) is 0 Å². The molecule has 8 N–H and O–H groups in total. The summed E-state index contributed by atoms with van der Waals surface area (Å²) in [4.78, 5) is 49.4. The van der Waals surface area contributed by atoms with E-state index in [0.717, 1.165) is 12.1 Å². The van der Waals surface area contributed by atoms with Crippen LogP contribution in [0.4, 0.5) is 5.69 Å². The minimum absolute atomic E-state index is 0.0203. The third-order valence-corrected chi connectivity index (χ3v) is 3.23. The number of amides is 1. The van der Waals surface area contributed by atoms with Crippen molar-refractivity contribution in [1.29, 1.82) is 0 Å². The Bertz CT molecular complexity index is 930. The molecule has 0 fully saturated rings. The lowest BCUT2D eigenvalue weighted by atomic mass is 10.1. The molecule has 1 aromatic heterocycles. The molecule has 2 rings (SSSR count). The normalized spacial score (nSPS) is 11.5. The number of nitrogens with zero attached hydrogens (tertiary/aromatic N) is 1. The number of nitrogens with one attached hydrogen (secondary N) is 3. The van der Waals surface area contributed by atoms with E-state index in [1.807, 2.05) is 0 Å². The number of aromatic amines is 2. The quantitative estimate of drug-likeness (QED) is 0.146. The van der Waals surface area contributed by atoms with Crippen LogP contribution in [0, 0.1) is 10.1 Å². The van der Waals surface area contributed by atoms with Crippen molar-refractivity contribution >= 4 is 22.6 Å². The highest BCUT2D eigenvalue weighted by Crippen LogP contribution is 2.21. The van der Waals surface area contributed by atoms with Crippen LogP contribution in [0.25, 0.3) is 11.0 Å². The van der Waals surface area contributed by atoms with Crippen LogP contribution < -0.4 is 27.9 Å². The molecule has 0 saturated heterocycles. The van der Waals surface area contributed by atoms with Crippen molar-refractivity contribution in [3.63, 3.8) is 0 Å². The Hall–Kier alpha value is -3.09. The van der Waals surface area contributed by atoms with Crippen LogP contribution in [0.15, 0.2) is 21.7 Å². The third kappa shape index (κ3) is 3.29. The van der Waals surface area contributed by atoms with Crippen LogP contribution in [-0.2, 0) is 11.3 Å². The number of carbonyl (C=O) groups is 1. The van der Waals surface area contributed by atoms with Crippen molar-refractivity contribution in [2.75, 3.05) is 6.61 Å². The Kier molecular flexibility index (Phi) is 4.45. The second-order valence-corrected chi connectivity index (χ2v) is 5.07. The van der Waals surface area contributed by atoms with Crippen LogP contribution in [-0.4, -0.2) is 38.2 Å². The molecule has 0 bridgehead atoms. The molecule has 12 heteroatoms. The Morgan fingerprint density at radius 2 is 1.92 bits per heavy atom. The number of aromatic nitrogens is 2. The van der Waals surface area contributed by atoms with Gasteiger partial charge >= 0.3 is 11.1 Å². The van der Waals surface area contributed by atoms with Crippen molar-refractivity contribution in [1.82, 2.24) is 15.3 Å². The summed E-state index contributed by atoms with van der Waals surface area (Å²) < 4.78 is 0. The van der Waals surface area contributed by atoms with Gasteiger partial charge in [0.05, 0.1) is 22.6 Å². The number of nitrogens with two attached hydrogens (primary N) is 2. The molecule has 1 heterocycles. The molecule has 1 aromatic carbocycles. The second-order valence-electron chi connectivity index (χ2n) is 5.07. The zero-order valence-electron chi connectivity index (χ0n) is 12.2. The van der Waals surface area contributed by atoms with Crippen LogP contribution >= 0.6 is 0 Å². The minimum Gasteiger partial charge on any atom is -0.392 e. The number of aliphatic hydroxyl groups is 1. The summed E-state index contributed by atoms with van der Waals surface area (Å²) in [6.45, 7) is -1.10. The zero-order chi connectivity index (χ0) is 18.1. The topological polar surface area (TPSA) is 210 Å². The third-order valence-electron chi connectivity index (χ3n) is 3.23. The Balaban J connectivity index is 2.50. The van der Waals surface area contributed by atoms with E-state index in [1.54, 1.807) is 0 Å². The number of hydrogen-bond donors (Lipinski definition) is 6. The van der Waals surface area contributed by atoms with E-state index in [2.05, 4.69) is 15.3 Å². The van der Waals surface area contributed by atoms with Gasteiger partial charge in [0.25, 0.3) is 11.6 Å². The monoisotopic (exact) mass is 338 g/mol. The average Bonchev–Trinajstić information content (AvgIpc) is 2.53. The van der Waals surface area contributed by atoms with Crippen molar-refractivity contribution in [3.8, 4) is 0 Å². The lowest BCUT2D eigenvalue weighted by molar-refractivity contribution is -0.384. The van der Waals surface area contributed by atoms with Crippen molar-refractivity contribution in [3.05, 3.63) is 48.5 Å². The van der Waals surface area contributed by atoms with Gasteiger partial charge in [-0.3, -0.25) is 24.5 Å². The molecule has 0 saturated carbocycles. The molecule has 0 atom stereocenters. The first-order valence-corrected chi connectivity index (χ1v) is 6.56. The van der Waals surface area contributed by atoms with Crippen LogP contribution in [0.3, 0.4) is 0 Å². The molecule has 2 aromatic rings. The highest BCUT2D eigenvalue weighted by molar-refractivity contribution is 5.86. The van der Waals surface area contributed by atoms with E-state index in [1.165, 1.54) is 0 Å². The first kappa shape index (κ1) is 17.3. The highest BCUT2D eigenvalue weighted by atomic mass is 16.6. The van der Waals surface area contributed by atoms with Gasteiger partial charge in [-0.15, -0.1) is 0 Å². The Morgan fingerprint density at radius 1 is 1.29 bits per heavy atom. The second kappa shape index (κ2) is 6.19. The number of carbonyl (C=O) groups excluding carboxylic acids is 1. The predicted octanol–water partition coefficient (Wildman–Crippen LogP) is -2.65. The Morgan fingerprint density at radius 3 is 2.50 bits per heavy atom. The van der Waals surface area contributed by atoms with E-state index < -0.39 is 34.2 Å². The summed E-state index contributed by atoms with van der Waals surface area (Å²) >= 11 is 0. The molecular weight excluding hydrogens is 324 g/mol. The largest absolute Gasteiger partial charge is 0.392 e. The fraction of sp³-hybridized carbons (Fsp3) is 0.250. The molecular formula is C12H14N6O6. The van der Waals surface area contributed by atoms with Crippen molar-refractivity contribution in [2.45, 2.75) is 12.2 Å². The minimum atomic E-state index is -2.03. The van der Waals surface area contributed by atoms with Gasteiger partial charge in [0.15, 0.2) is 5.66 Å². The maximum atomic E-state index is 11.8. The number of rotatable bonds is 5. The number of benzene rings is 1. The molecule has 128 valence electrons. The number of H-pyrrole nitrogens is 2. The number of nitro benzene ring substituents is 1. The fourth-order valence-electron chi connectivity index (χ4n) is 1.94. The number of non-ortho nitro benzene ring substituents is 1. The molecule has 0 aliphatic rings. The molecule has 0 radical (unpaired) electrons. The van der Waals surface area contributed by atoms with E-state index in [0.29, 0.717) is 0 Å². The summed E-state index contributed by atoms with van der Waals surface area (Å²) in [5.74, 6) is -0.906. The lowest BCUT2D eigenvalue weighted by Gasteiger charge is -2.20. The van der Waals surface area contributed by atoms with Gasteiger partial charge in [-0.05, 0) is 0 Å². The number of fused-ring (bicyclic) bond motifs is 1. The lowest BCUT2D eigenvalue weighted by Crippen LogP contribution is -2.63. The molecule has 12 nitrogen and oxygen atoms in total. The van der Waals surface area contributed by atoms with Crippen LogP contribution in [0.5, 0.6) is 0 Å². The molecule has 24 heavy (non-hydrogen) atoms. The summed E-state index contributed by atoms with van der Waals surface area (Å²) in [6.07, 6.45) is 0. The number of aliphatic hydroxyl groups excluding tert-OH is 1. The summed E-state index contributed by atoms with van der Waals surface area (Å²) in [5, 5.41) is 22.2. The number of nitro groups is 1. The van der Waals surface area contributed by atoms with Crippen molar-refractivity contribution < 1.29 is 14.8 Å². The van der Waals surface area contributed by atoms with Gasteiger partial charge in [-0.1, -0.05) is 0 Å². The van der Waals surface area contributed by atoms with Gasteiger partial charge in [0.2, 0.25) is 0 Å². The van der Waals surface area contributed by atoms with Gasteiger partial charge in [0.1, 0.15) is 0 Å². The molecule has 0 spiro atoms. The van der Waals surface area contributed by atoms with E-state index in [9.17, 15) is 24.5 Å². The van der Waals surface area contributed by atoms with E-state index in [4.69, 9.17) is 16.6 Å². The van der Waals surface area contributed by atoms with Gasteiger partial charge in [-0.25, -0.2) is 0 Å². The summed E-state index contributed by atoms with van der Waals surface area (Å²) in [5.41, 5.74) is 6.68. The SMILES string of the molecule is NC(N)(CO)C(=O)NCc1cc([N+](=O)[O-])cc2[nH]c(=O)c(=O)[nH]c12.